The average molecular weight is 330 g/mol. The number of sulfonamides is 1. The predicted octanol–water partition coefficient (Wildman–Crippen LogP) is 1.46. The van der Waals surface area contributed by atoms with Crippen LogP contribution in [0, 0.1) is 16.0 Å². The highest BCUT2D eigenvalue weighted by atomic mass is 32.2. The summed E-state index contributed by atoms with van der Waals surface area (Å²) in [6, 6.07) is 3.83. The van der Waals surface area contributed by atoms with E-state index in [9.17, 15) is 23.3 Å². The number of hydrogen-bond donors (Lipinski definition) is 1. The Bertz CT molecular complexity index is 658. The van der Waals surface area contributed by atoms with Crippen molar-refractivity contribution in [3.63, 3.8) is 0 Å². The molecule has 1 rings (SSSR count). The highest BCUT2D eigenvalue weighted by Gasteiger charge is 2.33. The molecule has 22 heavy (non-hydrogen) atoms. The van der Waals surface area contributed by atoms with Crippen LogP contribution in [0.1, 0.15) is 20.3 Å². The molecule has 1 aromatic rings. The van der Waals surface area contributed by atoms with Gasteiger partial charge in [-0.05, 0) is 12.0 Å². The van der Waals surface area contributed by atoms with Crippen molar-refractivity contribution < 1.29 is 22.9 Å². The van der Waals surface area contributed by atoms with Gasteiger partial charge in [-0.2, -0.15) is 4.72 Å². The Morgan fingerprint density at radius 2 is 2.00 bits per heavy atom. The highest BCUT2D eigenvalue weighted by molar-refractivity contribution is 7.89. The molecule has 1 N–H and O–H groups in total. The van der Waals surface area contributed by atoms with Crippen LogP contribution in [0.2, 0.25) is 0 Å². The Morgan fingerprint density at radius 1 is 1.41 bits per heavy atom. The minimum atomic E-state index is -4.24. The molecule has 0 amide bonds. The fraction of sp³-hybridized carbons (Fsp3) is 0.462. The summed E-state index contributed by atoms with van der Waals surface area (Å²) in [5.74, 6) is -1.07. The van der Waals surface area contributed by atoms with Gasteiger partial charge in [0.15, 0.2) is 4.90 Å². The molecule has 0 aliphatic carbocycles. The molecule has 0 fully saturated rings. The van der Waals surface area contributed by atoms with Gasteiger partial charge >= 0.3 is 5.97 Å². The number of nitrogens with one attached hydrogen (secondary N) is 1. The van der Waals surface area contributed by atoms with Gasteiger partial charge in [0.2, 0.25) is 10.0 Å². The Morgan fingerprint density at radius 3 is 2.50 bits per heavy atom. The maximum absolute atomic E-state index is 12.4. The summed E-state index contributed by atoms with van der Waals surface area (Å²) in [5, 5.41) is 11.0. The van der Waals surface area contributed by atoms with Crippen molar-refractivity contribution in [2.75, 3.05) is 7.11 Å². The van der Waals surface area contributed by atoms with Crippen LogP contribution < -0.4 is 4.72 Å². The third kappa shape index (κ3) is 4.01. The van der Waals surface area contributed by atoms with Crippen LogP contribution in [0.3, 0.4) is 0 Å². The molecule has 0 saturated carbocycles. The summed E-state index contributed by atoms with van der Waals surface area (Å²) in [4.78, 5) is 21.4. The van der Waals surface area contributed by atoms with Crippen molar-refractivity contribution >= 4 is 21.7 Å². The molecule has 0 bridgehead atoms. The SMILES string of the molecule is CC[C@@H](C)[C@@H](NS(=O)(=O)c1ccccc1[N+](=O)[O-])C(=O)OC. The molecule has 9 heteroatoms. The monoisotopic (exact) mass is 330 g/mol. The first kappa shape index (κ1) is 18.1. The number of esters is 1. The summed E-state index contributed by atoms with van der Waals surface area (Å²) >= 11 is 0. The van der Waals surface area contributed by atoms with E-state index in [1.165, 1.54) is 12.1 Å². The lowest BCUT2D eigenvalue weighted by Gasteiger charge is -2.21. The third-order valence-electron chi connectivity index (χ3n) is 3.30. The van der Waals surface area contributed by atoms with Gasteiger partial charge < -0.3 is 4.74 Å². The number of nitro groups is 1. The molecule has 0 aromatic heterocycles. The lowest BCUT2D eigenvalue weighted by atomic mass is 10.0. The van der Waals surface area contributed by atoms with Crippen LogP contribution >= 0.6 is 0 Å². The molecule has 1 aromatic carbocycles. The maximum Gasteiger partial charge on any atom is 0.324 e. The zero-order chi connectivity index (χ0) is 16.9. The number of rotatable bonds is 7. The zero-order valence-electron chi connectivity index (χ0n) is 12.5. The molecule has 0 unspecified atom stereocenters. The second-order valence-corrected chi connectivity index (χ2v) is 6.41. The Hall–Kier alpha value is -2.00. The van der Waals surface area contributed by atoms with Crippen molar-refractivity contribution in [1.82, 2.24) is 4.72 Å². The summed E-state index contributed by atoms with van der Waals surface area (Å²) in [6.07, 6.45) is 0.527. The fourth-order valence-electron chi connectivity index (χ4n) is 1.83. The largest absolute Gasteiger partial charge is 0.468 e. The number of hydrogen-bond acceptors (Lipinski definition) is 6. The van der Waals surface area contributed by atoms with Crippen LogP contribution in [-0.4, -0.2) is 32.5 Å². The number of ether oxygens (including phenoxy) is 1. The standard InChI is InChI=1S/C13H18N2O6S/c1-4-9(2)12(13(16)21-3)14-22(19,20)11-8-6-5-7-10(11)15(17)18/h5-9,12,14H,4H2,1-3H3/t9-,12-/m1/s1. The molecule has 0 radical (unpaired) electrons. The lowest BCUT2D eigenvalue weighted by molar-refractivity contribution is -0.387. The maximum atomic E-state index is 12.4. The van der Waals surface area contributed by atoms with E-state index < -0.39 is 37.5 Å². The van der Waals surface area contributed by atoms with E-state index in [1.54, 1.807) is 13.8 Å². The minimum Gasteiger partial charge on any atom is -0.468 e. The number of methoxy groups -OCH3 is 1. The van der Waals surface area contributed by atoms with E-state index in [1.807, 2.05) is 0 Å². The Balaban J connectivity index is 3.24. The number of nitrogens with zero attached hydrogens (tertiary/aromatic N) is 1. The van der Waals surface area contributed by atoms with Gasteiger partial charge in [-0.1, -0.05) is 32.4 Å². The van der Waals surface area contributed by atoms with Crippen molar-refractivity contribution in [1.29, 1.82) is 0 Å². The molecule has 8 nitrogen and oxygen atoms in total. The molecule has 0 aliphatic rings. The van der Waals surface area contributed by atoms with Gasteiger partial charge in [0.05, 0.1) is 12.0 Å². The molecular formula is C13H18N2O6S. The fourth-order valence-corrected chi connectivity index (χ4v) is 3.29. The van der Waals surface area contributed by atoms with Gasteiger partial charge in [-0.25, -0.2) is 8.42 Å². The minimum absolute atomic E-state index is 0.329. The van der Waals surface area contributed by atoms with Crippen LogP contribution in [0.5, 0.6) is 0 Å². The van der Waals surface area contributed by atoms with Crippen molar-refractivity contribution in [3.8, 4) is 0 Å². The number of benzene rings is 1. The lowest BCUT2D eigenvalue weighted by Crippen LogP contribution is -2.45. The predicted molar refractivity (Wildman–Crippen MR) is 78.7 cm³/mol. The number of nitro benzene ring substituents is 1. The van der Waals surface area contributed by atoms with E-state index in [0.717, 1.165) is 19.2 Å². The van der Waals surface area contributed by atoms with E-state index in [2.05, 4.69) is 9.46 Å². The van der Waals surface area contributed by atoms with E-state index in [-0.39, 0.29) is 5.92 Å². The van der Waals surface area contributed by atoms with E-state index in [4.69, 9.17) is 0 Å². The van der Waals surface area contributed by atoms with Crippen LogP contribution in [0.4, 0.5) is 5.69 Å². The topological polar surface area (TPSA) is 116 Å². The second-order valence-electron chi connectivity index (χ2n) is 4.73. The number of carbonyl (C=O) groups is 1. The smallest absolute Gasteiger partial charge is 0.324 e. The van der Waals surface area contributed by atoms with Gasteiger partial charge in [0, 0.05) is 6.07 Å². The first-order valence-electron chi connectivity index (χ1n) is 6.58. The van der Waals surface area contributed by atoms with Crippen LogP contribution in [-0.2, 0) is 19.6 Å². The second kappa shape index (κ2) is 7.32. The van der Waals surface area contributed by atoms with Crippen molar-refractivity contribution in [2.24, 2.45) is 5.92 Å². The summed E-state index contributed by atoms with van der Waals surface area (Å²) in [5.41, 5.74) is -0.553. The zero-order valence-corrected chi connectivity index (χ0v) is 13.3. The van der Waals surface area contributed by atoms with Gasteiger partial charge in [0.1, 0.15) is 6.04 Å². The van der Waals surface area contributed by atoms with Gasteiger partial charge in [-0.15, -0.1) is 0 Å². The first-order valence-corrected chi connectivity index (χ1v) is 8.06. The Kier molecular flexibility index (Phi) is 6.01. The van der Waals surface area contributed by atoms with Gasteiger partial charge in [0.25, 0.3) is 5.69 Å². The summed E-state index contributed by atoms with van der Waals surface area (Å²) in [7, 11) is -3.09. The molecular weight excluding hydrogens is 312 g/mol. The number of carbonyl (C=O) groups excluding carboxylic acids is 1. The van der Waals surface area contributed by atoms with Crippen molar-refractivity contribution in [3.05, 3.63) is 34.4 Å². The molecule has 0 heterocycles. The Labute approximate surface area is 128 Å². The molecule has 0 saturated heterocycles. The van der Waals surface area contributed by atoms with Crippen LogP contribution in [0.25, 0.3) is 0 Å². The molecule has 0 aliphatic heterocycles. The third-order valence-corrected chi connectivity index (χ3v) is 4.79. The average Bonchev–Trinajstić information content (AvgIpc) is 2.51. The van der Waals surface area contributed by atoms with Crippen molar-refractivity contribution in [2.45, 2.75) is 31.2 Å². The van der Waals surface area contributed by atoms with E-state index >= 15 is 0 Å². The number of para-hydroxylation sites is 1. The van der Waals surface area contributed by atoms with Gasteiger partial charge in [-0.3, -0.25) is 14.9 Å². The van der Waals surface area contributed by atoms with E-state index in [0.29, 0.717) is 6.42 Å². The molecule has 2 atom stereocenters. The summed E-state index contributed by atoms with van der Waals surface area (Å²) in [6.45, 7) is 3.48. The first-order chi connectivity index (χ1) is 10.2. The quantitative estimate of drug-likeness (QED) is 0.460. The summed E-state index contributed by atoms with van der Waals surface area (Å²) < 4.78 is 31.6. The normalized spacial score (nSPS) is 14.1. The highest BCUT2D eigenvalue weighted by Crippen LogP contribution is 2.24. The molecule has 0 spiro atoms. The molecule has 122 valence electrons. The van der Waals surface area contributed by atoms with Crippen LogP contribution in [0.15, 0.2) is 29.2 Å².